The highest BCUT2D eigenvalue weighted by molar-refractivity contribution is 5.68. The van der Waals surface area contributed by atoms with Crippen LogP contribution in [0.5, 0.6) is 5.88 Å². The van der Waals surface area contributed by atoms with Crippen molar-refractivity contribution < 1.29 is 19.2 Å². The number of fused-ring (bicyclic) bond motifs is 1. The van der Waals surface area contributed by atoms with E-state index in [1.54, 1.807) is 12.3 Å². The van der Waals surface area contributed by atoms with Crippen molar-refractivity contribution in [2.24, 2.45) is 0 Å². The second-order valence-electron chi connectivity index (χ2n) is 7.94. The van der Waals surface area contributed by atoms with Gasteiger partial charge in [-0.1, -0.05) is 12.1 Å². The molecular weight excluding hydrogens is 424 g/mol. The Labute approximate surface area is 190 Å². The smallest absolute Gasteiger partial charge is 0.304 e. The molecular formula is C23H24N6O4. The molecule has 3 aromatic rings. The number of carbonyl (C=O) groups is 1. The summed E-state index contributed by atoms with van der Waals surface area (Å²) >= 11 is 0. The van der Waals surface area contributed by atoms with Gasteiger partial charge in [-0.2, -0.15) is 10.2 Å². The summed E-state index contributed by atoms with van der Waals surface area (Å²) in [5.74, 6) is 0.179. The largest absolute Gasteiger partial charge is 0.481 e. The van der Waals surface area contributed by atoms with E-state index in [9.17, 15) is 10.1 Å². The van der Waals surface area contributed by atoms with E-state index in [1.165, 1.54) is 5.56 Å². The number of anilines is 2. The Hall–Kier alpha value is -3.97. The zero-order valence-electron chi connectivity index (χ0n) is 18.4. The average Bonchev–Trinajstić information content (AvgIpc) is 3.43. The number of benzene rings is 1. The van der Waals surface area contributed by atoms with Gasteiger partial charge < -0.3 is 24.6 Å². The lowest BCUT2D eigenvalue weighted by molar-refractivity contribution is -0.136. The van der Waals surface area contributed by atoms with Gasteiger partial charge in [0.1, 0.15) is 11.6 Å². The number of carboxylic acid groups (broad SMARTS) is 1. The summed E-state index contributed by atoms with van der Waals surface area (Å²) in [6.07, 6.45) is 2.39. The normalized spacial score (nSPS) is 12.6. The molecule has 170 valence electrons. The Kier molecular flexibility index (Phi) is 6.51. The van der Waals surface area contributed by atoms with E-state index >= 15 is 0 Å². The van der Waals surface area contributed by atoms with E-state index in [0.717, 1.165) is 17.7 Å². The number of carboxylic acids is 1. The highest BCUT2D eigenvalue weighted by atomic mass is 16.5. The second-order valence-corrected chi connectivity index (χ2v) is 7.94. The molecule has 1 aliphatic heterocycles. The van der Waals surface area contributed by atoms with Crippen molar-refractivity contribution in [2.45, 2.75) is 39.3 Å². The maximum atomic E-state index is 10.6. The Morgan fingerprint density at radius 2 is 2.24 bits per heavy atom. The van der Waals surface area contributed by atoms with Gasteiger partial charge in [0.15, 0.2) is 0 Å². The van der Waals surface area contributed by atoms with Crippen molar-refractivity contribution in [3.8, 4) is 23.4 Å². The van der Waals surface area contributed by atoms with Crippen molar-refractivity contribution in [3.63, 3.8) is 0 Å². The lowest BCUT2D eigenvalue weighted by Gasteiger charge is -2.14. The number of hydrogen-bond donors (Lipinski definition) is 2. The third-order valence-electron chi connectivity index (χ3n) is 5.11. The lowest BCUT2D eigenvalue weighted by atomic mass is 10.1. The lowest BCUT2D eigenvalue weighted by Crippen LogP contribution is -2.17. The van der Waals surface area contributed by atoms with E-state index in [4.69, 9.17) is 14.4 Å². The highest BCUT2D eigenvalue weighted by Gasteiger charge is 2.25. The summed E-state index contributed by atoms with van der Waals surface area (Å²) in [5.41, 5.74) is 4.12. The molecule has 2 aromatic heterocycles. The number of nitrogens with one attached hydrogen (secondary N) is 1. The molecule has 0 unspecified atom stereocenters. The molecule has 0 bridgehead atoms. The average molecular weight is 448 g/mol. The standard InChI is InChI=1S/C23H24N6O4/c1-14(2)32-21-17(11-24)10-18(13-26-21)22-27-23(28-33-22)29-8-6-16-9-15(3-4-19(16)29)12-25-7-5-20(30)31/h3-4,9-10,13-14,25H,5-8,12H2,1-2H3,(H,30,31). The van der Waals surface area contributed by atoms with E-state index in [1.807, 2.05) is 30.9 Å². The number of hydrogen-bond acceptors (Lipinski definition) is 9. The predicted octanol–water partition coefficient (Wildman–Crippen LogP) is 3.05. The van der Waals surface area contributed by atoms with E-state index < -0.39 is 5.97 Å². The number of ether oxygens (including phenoxy) is 1. The summed E-state index contributed by atoms with van der Waals surface area (Å²) in [6, 6.07) is 9.85. The van der Waals surface area contributed by atoms with Crippen LogP contribution in [0, 0.1) is 11.3 Å². The van der Waals surface area contributed by atoms with Crippen LogP contribution >= 0.6 is 0 Å². The van der Waals surface area contributed by atoms with Gasteiger partial charge in [0.2, 0.25) is 5.88 Å². The van der Waals surface area contributed by atoms with Crippen LogP contribution in [0.3, 0.4) is 0 Å². The highest BCUT2D eigenvalue weighted by Crippen LogP contribution is 2.34. The molecule has 10 heteroatoms. The maximum absolute atomic E-state index is 10.6. The summed E-state index contributed by atoms with van der Waals surface area (Å²) in [6.45, 7) is 5.49. The predicted molar refractivity (Wildman–Crippen MR) is 119 cm³/mol. The first-order valence-electron chi connectivity index (χ1n) is 10.7. The molecule has 33 heavy (non-hydrogen) atoms. The zero-order chi connectivity index (χ0) is 23.4. The summed E-state index contributed by atoms with van der Waals surface area (Å²) < 4.78 is 11.0. The number of nitriles is 1. The Morgan fingerprint density at radius 1 is 1.39 bits per heavy atom. The summed E-state index contributed by atoms with van der Waals surface area (Å²) in [7, 11) is 0. The van der Waals surface area contributed by atoms with Gasteiger partial charge in [-0.3, -0.25) is 4.79 Å². The molecule has 0 fully saturated rings. The second kappa shape index (κ2) is 9.67. The van der Waals surface area contributed by atoms with Crippen molar-refractivity contribution in [2.75, 3.05) is 18.0 Å². The van der Waals surface area contributed by atoms with Crippen LogP contribution in [0.2, 0.25) is 0 Å². The van der Waals surface area contributed by atoms with Crippen LogP contribution in [0.4, 0.5) is 11.6 Å². The summed E-state index contributed by atoms with van der Waals surface area (Å²) in [4.78, 5) is 21.4. The number of nitrogens with zero attached hydrogens (tertiary/aromatic N) is 5. The molecule has 4 rings (SSSR count). The van der Waals surface area contributed by atoms with Crippen molar-refractivity contribution in [1.82, 2.24) is 20.4 Å². The molecule has 0 radical (unpaired) electrons. The van der Waals surface area contributed by atoms with Crippen LogP contribution in [0.15, 0.2) is 35.0 Å². The molecule has 10 nitrogen and oxygen atoms in total. The molecule has 0 spiro atoms. The van der Waals surface area contributed by atoms with E-state index in [-0.39, 0.29) is 24.3 Å². The van der Waals surface area contributed by atoms with Crippen LogP contribution in [0.25, 0.3) is 11.5 Å². The monoisotopic (exact) mass is 448 g/mol. The van der Waals surface area contributed by atoms with Crippen LogP contribution < -0.4 is 15.0 Å². The van der Waals surface area contributed by atoms with E-state index in [2.05, 4.69) is 32.6 Å². The first-order valence-corrected chi connectivity index (χ1v) is 10.7. The Bertz CT molecular complexity index is 1200. The fourth-order valence-electron chi connectivity index (χ4n) is 3.61. The van der Waals surface area contributed by atoms with Gasteiger partial charge >= 0.3 is 5.97 Å². The quantitative estimate of drug-likeness (QED) is 0.470. The SMILES string of the molecule is CC(C)Oc1ncc(-c2nc(N3CCc4cc(CNCCC(=O)O)ccc43)no2)cc1C#N. The first-order chi connectivity index (χ1) is 15.9. The minimum atomic E-state index is -0.814. The van der Waals surface area contributed by atoms with Gasteiger partial charge in [-0.25, -0.2) is 4.98 Å². The molecule has 0 saturated heterocycles. The Morgan fingerprint density at radius 3 is 3.00 bits per heavy atom. The summed E-state index contributed by atoms with van der Waals surface area (Å²) in [5, 5.41) is 25.4. The van der Waals surface area contributed by atoms with Crippen molar-refractivity contribution in [3.05, 3.63) is 47.2 Å². The molecule has 1 aliphatic rings. The molecule has 2 N–H and O–H groups in total. The maximum Gasteiger partial charge on any atom is 0.304 e. The number of rotatable bonds is 9. The zero-order valence-corrected chi connectivity index (χ0v) is 18.4. The van der Waals surface area contributed by atoms with E-state index in [0.29, 0.717) is 36.7 Å². The molecule has 0 atom stereocenters. The van der Waals surface area contributed by atoms with Gasteiger partial charge in [0.05, 0.1) is 18.1 Å². The molecule has 0 aliphatic carbocycles. The third kappa shape index (κ3) is 5.10. The van der Waals surface area contributed by atoms with Crippen LogP contribution in [0.1, 0.15) is 37.0 Å². The van der Waals surface area contributed by atoms with Gasteiger partial charge in [-0.05, 0) is 48.7 Å². The fourth-order valence-corrected chi connectivity index (χ4v) is 3.61. The molecule has 0 saturated carbocycles. The minimum absolute atomic E-state index is 0.0950. The van der Waals surface area contributed by atoms with Gasteiger partial charge in [-0.15, -0.1) is 0 Å². The fraction of sp³-hybridized carbons (Fsp3) is 0.348. The number of aliphatic carboxylic acids is 1. The minimum Gasteiger partial charge on any atom is -0.481 e. The third-order valence-corrected chi connectivity index (χ3v) is 5.11. The molecule has 0 amide bonds. The topological polar surface area (TPSA) is 137 Å². The van der Waals surface area contributed by atoms with Crippen LogP contribution in [-0.4, -0.2) is 45.4 Å². The van der Waals surface area contributed by atoms with Crippen molar-refractivity contribution in [1.29, 1.82) is 5.26 Å². The number of aromatic nitrogens is 3. The number of pyridine rings is 1. The first kappa shape index (κ1) is 22.2. The van der Waals surface area contributed by atoms with Gasteiger partial charge in [0.25, 0.3) is 11.8 Å². The molecule has 3 heterocycles. The molecule has 1 aromatic carbocycles. The van der Waals surface area contributed by atoms with Gasteiger partial charge in [0, 0.05) is 31.5 Å². The Balaban J connectivity index is 1.48. The van der Waals surface area contributed by atoms with Crippen molar-refractivity contribution >= 4 is 17.6 Å². The van der Waals surface area contributed by atoms with Crippen LogP contribution in [-0.2, 0) is 17.8 Å².